The summed E-state index contributed by atoms with van der Waals surface area (Å²) in [5.74, 6) is -0.447. The van der Waals surface area contributed by atoms with E-state index in [0.717, 1.165) is 12.1 Å². The van der Waals surface area contributed by atoms with Gasteiger partial charge in [-0.3, -0.25) is 0 Å². The lowest BCUT2D eigenvalue weighted by atomic mass is 10.2. The lowest BCUT2D eigenvalue weighted by Crippen LogP contribution is -1.93. The van der Waals surface area contributed by atoms with Crippen molar-refractivity contribution >= 4 is 11.6 Å². The van der Waals surface area contributed by atoms with Crippen LogP contribution in [0.4, 0.5) is 8.78 Å². The van der Waals surface area contributed by atoms with Crippen LogP contribution in [0, 0.1) is 11.6 Å². The lowest BCUT2D eigenvalue weighted by molar-refractivity contribution is 0.275. The van der Waals surface area contributed by atoms with E-state index in [1.807, 2.05) is 0 Å². The van der Waals surface area contributed by atoms with E-state index < -0.39 is 11.6 Å². The van der Waals surface area contributed by atoms with E-state index in [1.54, 1.807) is 0 Å². The number of rotatable bonds is 3. The molecule has 0 heterocycles. The molecule has 0 amide bonds. The molecule has 2 rings (SSSR count). The van der Waals surface area contributed by atoms with E-state index in [-0.39, 0.29) is 28.7 Å². The zero-order valence-electron chi connectivity index (χ0n) is 9.16. The van der Waals surface area contributed by atoms with Crippen molar-refractivity contribution in [3.63, 3.8) is 0 Å². The van der Waals surface area contributed by atoms with E-state index in [0.29, 0.717) is 0 Å². The molecule has 0 aliphatic carbocycles. The molecule has 0 atom stereocenters. The first-order chi connectivity index (χ1) is 8.60. The van der Waals surface area contributed by atoms with Gasteiger partial charge >= 0.3 is 0 Å². The number of benzene rings is 2. The molecule has 2 aromatic rings. The SMILES string of the molecule is OCc1cc(F)ccc1Oc1ccc(F)cc1Cl. The Kier molecular flexibility index (Phi) is 3.79. The van der Waals surface area contributed by atoms with Gasteiger partial charge in [-0.15, -0.1) is 0 Å². The molecule has 0 bridgehead atoms. The molecule has 5 heteroatoms. The Labute approximate surface area is 107 Å². The summed E-state index contributed by atoms with van der Waals surface area (Å²) >= 11 is 5.80. The molecule has 0 fully saturated rings. The molecule has 0 aliphatic rings. The third-order valence-corrected chi connectivity index (χ3v) is 2.60. The van der Waals surface area contributed by atoms with E-state index >= 15 is 0 Å². The van der Waals surface area contributed by atoms with Gasteiger partial charge in [0.25, 0.3) is 0 Å². The highest BCUT2D eigenvalue weighted by atomic mass is 35.5. The molecule has 2 nitrogen and oxygen atoms in total. The highest BCUT2D eigenvalue weighted by molar-refractivity contribution is 6.32. The van der Waals surface area contributed by atoms with Crippen molar-refractivity contribution in [2.24, 2.45) is 0 Å². The van der Waals surface area contributed by atoms with Crippen LogP contribution in [0.5, 0.6) is 11.5 Å². The van der Waals surface area contributed by atoms with E-state index in [9.17, 15) is 8.78 Å². The molecular formula is C13H9ClF2O2. The Hall–Kier alpha value is -1.65. The number of hydrogen-bond donors (Lipinski definition) is 1. The van der Waals surface area contributed by atoms with Gasteiger partial charge < -0.3 is 9.84 Å². The number of aliphatic hydroxyl groups excluding tert-OH is 1. The standard InChI is InChI=1S/C13H9ClF2O2/c14-11-6-10(16)2-4-13(11)18-12-3-1-9(15)5-8(12)7-17/h1-6,17H,7H2. The molecule has 0 saturated heterocycles. The van der Waals surface area contributed by atoms with Gasteiger partial charge in [0.05, 0.1) is 11.6 Å². The summed E-state index contributed by atoms with van der Waals surface area (Å²) in [5, 5.41) is 9.19. The van der Waals surface area contributed by atoms with Gasteiger partial charge in [-0.05, 0) is 36.4 Å². The molecule has 1 N–H and O–H groups in total. The molecule has 0 radical (unpaired) electrons. The monoisotopic (exact) mass is 270 g/mol. The Bertz CT molecular complexity index is 573. The third kappa shape index (κ3) is 2.78. The predicted molar refractivity (Wildman–Crippen MR) is 63.8 cm³/mol. The molecule has 2 aromatic carbocycles. The minimum absolute atomic E-state index is 0.100. The van der Waals surface area contributed by atoms with E-state index in [1.165, 1.54) is 24.3 Å². The molecule has 0 unspecified atom stereocenters. The topological polar surface area (TPSA) is 29.5 Å². The van der Waals surface area contributed by atoms with Crippen molar-refractivity contribution in [2.75, 3.05) is 0 Å². The summed E-state index contributed by atoms with van der Waals surface area (Å²) in [6, 6.07) is 7.41. The van der Waals surface area contributed by atoms with Crippen molar-refractivity contribution in [1.29, 1.82) is 0 Å². The van der Waals surface area contributed by atoms with Crippen LogP contribution in [0.25, 0.3) is 0 Å². The molecule has 18 heavy (non-hydrogen) atoms. The first-order valence-corrected chi connectivity index (χ1v) is 5.50. The second-order valence-corrected chi connectivity index (χ2v) is 3.99. The van der Waals surface area contributed by atoms with Gasteiger partial charge in [0.15, 0.2) is 0 Å². The zero-order valence-corrected chi connectivity index (χ0v) is 9.92. The molecule has 0 aromatic heterocycles. The van der Waals surface area contributed by atoms with Crippen molar-refractivity contribution in [3.8, 4) is 11.5 Å². The quantitative estimate of drug-likeness (QED) is 0.916. The second kappa shape index (κ2) is 5.33. The summed E-state index contributed by atoms with van der Waals surface area (Å²) in [6.07, 6.45) is 0. The number of halogens is 3. The summed E-state index contributed by atoms with van der Waals surface area (Å²) in [5.41, 5.74) is 0.287. The number of aliphatic hydroxyl groups is 1. The van der Waals surface area contributed by atoms with Crippen LogP contribution < -0.4 is 4.74 Å². The Morgan fingerprint density at radius 3 is 2.22 bits per heavy atom. The zero-order chi connectivity index (χ0) is 13.1. The normalized spacial score (nSPS) is 10.4. The summed E-state index contributed by atoms with van der Waals surface area (Å²) < 4.78 is 31.2. The summed E-state index contributed by atoms with van der Waals surface area (Å²) in [4.78, 5) is 0. The van der Waals surface area contributed by atoms with Crippen LogP contribution in [0.1, 0.15) is 5.56 Å². The molecular weight excluding hydrogens is 262 g/mol. The highest BCUT2D eigenvalue weighted by Gasteiger charge is 2.09. The first kappa shape index (κ1) is 12.8. The van der Waals surface area contributed by atoms with Gasteiger partial charge in [-0.2, -0.15) is 0 Å². The Balaban J connectivity index is 2.33. The molecule has 0 saturated carbocycles. The van der Waals surface area contributed by atoms with Crippen LogP contribution in [0.2, 0.25) is 5.02 Å². The maximum absolute atomic E-state index is 13.0. The fourth-order valence-electron chi connectivity index (χ4n) is 1.45. The molecule has 0 spiro atoms. The van der Waals surface area contributed by atoms with Crippen molar-refractivity contribution < 1.29 is 18.6 Å². The van der Waals surface area contributed by atoms with Gasteiger partial charge in [0.2, 0.25) is 0 Å². The maximum Gasteiger partial charge on any atom is 0.146 e. The summed E-state index contributed by atoms with van der Waals surface area (Å²) in [7, 11) is 0. The fraction of sp³-hybridized carbons (Fsp3) is 0.0769. The average Bonchev–Trinajstić information content (AvgIpc) is 2.34. The van der Waals surface area contributed by atoms with E-state index in [4.69, 9.17) is 21.4 Å². The van der Waals surface area contributed by atoms with Crippen LogP contribution in [0.3, 0.4) is 0 Å². The largest absolute Gasteiger partial charge is 0.455 e. The lowest BCUT2D eigenvalue weighted by Gasteiger charge is -2.11. The number of hydrogen-bond acceptors (Lipinski definition) is 2. The molecule has 94 valence electrons. The average molecular weight is 271 g/mol. The summed E-state index contributed by atoms with van der Waals surface area (Å²) in [6.45, 7) is -0.369. The highest BCUT2D eigenvalue weighted by Crippen LogP contribution is 2.32. The number of ether oxygens (including phenoxy) is 1. The van der Waals surface area contributed by atoms with Crippen LogP contribution >= 0.6 is 11.6 Å². The third-order valence-electron chi connectivity index (χ3n) is 2.31. The first-order valence-electron chi connectivity index (χ1n) is 5.12. The maximum atomic E-state index is 13.0. The van der Waals surface area contributed by atoms with Gasteiger partial charge in [-0.25, -0.2) is 8.78 Å². The van der Waals surface area contributed by atoms with Gasteiger partial charge in [0, 0.05) is 5.56 Å². The predicted octanol–water partition coefficient (Wildman–Crippen LogP) is 3.90. The van der Waals surface area contributed by atoms with Gasteiger partial charge in [0.1, 0.15) is 23.1 Å². The van der Waals surface area contributed by atoms with Crippen LogP contribution in [-0.2, 0) is 6.61 Å². The molecule has 0 aliphatic heterocycles. The van der Waals surface area contributed by atoms with Gasteiger partial charge in [-0.1, -0.05) is 11.6 Å². The minimum atomic E-state index is -0.478. The van der Waals surface area contributed by atoms with Crippen LogP contribution in [0.15, 0.2) is 36.4 Å². The van der Waals surface area contributed by atoms with E-state index in [2.05, 4.69) is 0 Å². The second-order valence-electron chi connectivity index (χ2n) is 3.59. The van der Waals surface area contributed by atoms with Crippen molar-refractivity contribution in [1.82, 2.24) is 0 Å². The van der Waals surface area contributed by atoms with Crippen molar-refractivity contribution in [3.05, 3.63) is 58.6 Å². The Morgan fingerprint density at radius 2 is 1.61 bits per heavy atom. The van der Waals surface area contributed by atoms with Crippen molar-refractivity contribution in [2.45, 2.75) is 6.61 Å². The smallest absolute Gasteiger partial charge is 0.146 e. The fourth-order valence-corrected chi connectivity index (χ4v) is 1.65. The minimum Gasteiger partial charge on any atom is -0.455 e. The Morgan fingerprint density at radius 1 is 1.00 bits per heavy atom. The van der Waals surface area contributed by atoms with Crippen LogP contribution in [-0.4, -0.2) is 5.11 Å².